The van der Waals surface area contributed by atoms with Crippen LogP contribution in [0.15, 0.2) is 42.5 Å². The molecule has 0 N–H and O–H groups in total. The molecule has 2 rings (SSSR count). The van der Waals surface area contributed by atoms with E-state index in [9.17, 15) is 9.59 Å². The summed E-state index contributed by atoms with van der Waals surface area (Å²) in [6.07, 6.45) is 0. The number of benzene rings is 2. The molecule has 2 aromatic rings. The van der Waals surface area contributed by atoms with Crippen molar-refractivity contribution in [3.8, 4) is 11.5 Å². The molecule has 0 aliphatic rings. The summed E-state index contributed by atoms with van der Waals surface area (Å²) in [6.45, 7) is 0.0952. The highest BCUT2D eigenvalue weighted by atomic mass is 16.5. The summed E-state index contributed by atoms with van der Waals surface area (Å²) < 4.78 is 20.2. The van der Waals surface area contributed by atoms with Gasteiger partial charge in [0, 0.05) is 0 Å². The summed E-state index contributed by atoms with van der Waals surface area (Å²) in [7, 11) is 4.39. The highest BCUT2D eigenvalue weighted by molar-refractivity contribution is 5.93. The molecule has 0 fully saturated rings. The van der Waals surface area contributed by atoms with E-state index in [-0.39, 0.29) is 6.61 Å². The van der Waals surface area contributed by atoms with Crippen molar-refractivity contribution >= 4 is 11.9 Å². The number of ether oxygens (including phenoxy) is 4. The van der Waals surface area contributed by atoms with Crippen LogP contribution in [0, 0.1) is 0 Å². The van der Waals surface area contributed by atoms with E-state index in [1.54, 1.807) is 25.3 Å². The monoisotopic (exact) mass is 330 g/mol. The summed E-state index contributed by atoms with van der Waals surface area (Å²) in [6, 6.07) is 11.3. The van der Waals surface area contributed by atoms with Crippen molar-refractivity contribution in [3.63, 3.8) is 0 Å². The first-order valence-electron chi connectivity index (χ1n) is 7.15. The Morgan fingerprint density at radius 2 is 1.38 bits per heavy atom. The zero-order chi connectivity index (χ0) is 17.5. The number of hydrogen-bond acceptors (Lipinski definition) is 6. The Bertz CT molecular complexity index is 721. The third kappa shape index (κ3) is 4.04. The van der Waals surface area contributed by atoms with Crippen molar-refractivity contribution in [3.05, 3.63) is 59.2 Å². The molecule has 6 nitrogen and oxygen atoms in total. The molecule has 0 aliphatic heterocycles. The SMILES string of the molecule is COC(=O)c1ccc(C(=O)OCc2ccc(OC)c(OC)c2)cc1. The maximum atomic E-state index is 12.1. The van der Waals surface area contributed by atoms with Crippen LogP contribution < -0.4 is 9.47 Å². The van der Waals surface area contributed by atoms with E-state index >= 15 is 0 Å². The van der Waals surface area contributed by atoms with Crippen LogP contribution in [0.5, 0.6) is 11.5 Å². The van der Waals surface area contributed by atoms with Gasteiger partial charge in [0.2, 0.25) is 0 Å². The minimum Gasteiger partial charge on any atom is -0.493 e. The number of carbonyl (C=O) groups excluding carboxylic acids is 2. The van der Waals surface area contributed by atoms with E-state index in [4.69, 9.17) is 14.2 Å². The second kappa shape index (κ2) is 8.01. The van der Waals surface area contributed by atoms with Gasteiger partial charge in [0.1, 0.15) is 6.61 Å². The van der Waals surface area contributed by atoms with Gasteiger partial charge in [-0.25, -0.2) is 9.59 Å². The Labute approximate surface area is 139 Å². The van der Waals surface area contributed by atoms with Crippen molar-refractivity contribution in [1.82, 2.24) is 0 Å². The molecule has 0 saturated carbocycles. The topological polar surface area (TPSA) is 71.1 Å². The van der Waals surface area contributed by atoms with Gasteiger partial charge in [-0.15, -0.1) is 0 Å². The summed E-state index contributed by atoms with van der Waals surface area (Å²) >= 11 is 0. The lowest BCUT2D eigenvalue weighted by Gasteiger charge is -2.10. The summed E-state index contributed by atoms with van der Waals surface area (Å²) in [5, 5.41) is 0. The minimum atomic E-state index is -0.485. The number of rotatable bonds is 6. The van der Waals surface area contributed by atoms with E-state index < -0.39 is 11.9 Å². The van der Waals surface area contributed by atoms with Gasteiger partial charge < -0.3 is 18.9 Å². The maximum absolute atomic E-state index is 12.1. The molecule has 2 aromatic carbocycles. The Hall–Kier alpha value is -3.02. The van der Waals surface area contributed by atoms with Crippen molar-refractivity contribution in [2.75, 3.05) is 21.3 Å². The highest BCUT2D eigenvalue weighted by Gasteiger charge is 2.11. The van der Waals surface area contributed by atoms with Crippen LogP contribution >= 0.6 is 0 Å². The first-order chi connectivity index (χ1) is 11.6. The van der Waals surface area contributed by atoms with Crippen LogP contribution in [0.3, 0.4) is 0 Å². The summed E-state index contributed by atoms with van der Waals surface area (Å²) in [4.78, 5) is 23.4. The zero-order valence-corrected chi connectivity index (χ0v) is 13.7. The number of methoxy groups -OCH3 is 3. The van der Waals surface area contributed by atoms with Crippen LogP contribution in [-0.2, 0) is 16.1 Å². The van der Waals surface area contributed by atoms with E-state index in [1.807, 2.05) is 0 Å². The molecule has 0 spiro atoms. The largest absolute Gasteiger partial charge is 0.493 e. The van der Waals surface area contributed by atoms with Gasteiger partial charge in [-0.1, -0.05) is 6.07 Å². The lowest BCUT2D eigenvalue weighted by molar-refractivity contribution is 0.0471. The van der Waals surface area contributed by atoms with Gasteiger partial charge in [-0.3, -0.25) is 0 Å². The average Bonchev–Trinajstić information content (AvgIpc) is 2.65. The Kier molecular flexibility index (Phi) is 5.78. The first kappa shape index (κ1) is 17.3. The molecule has 6 heteroatoms. The fourth-order valence-corrected chi connectivity index (χ4v) is 2.06. The fraction of sp³-hybridized carbons (Fsp3) is 0.222. The van der Waals surface area contributed by atoms with Crippen LogP contribution in [-0.4, -0.2) is 33.3 Å². The van der Waals surface area contributed by atoms with Crippen LogP contribution in [0.1, 0.15) is 26.3 Å². The second-order valence-electron chi connectivity index (χ2n) is 4.83. The van der Waals surface area contributed by atoms with Crippen molar-refractivity contribution < 1.29 is 28.5 Å². The van der Waals surface area contributed by atoms with Gasteiger partial charge >= 0.3 is 11.9 Å². The Morgan fingerprint density at radius 1 is 0.792 bits per heavy atom. The van der Waals surface area contributed by atoms with Gasteiger partial charge in [-0.05, 0) is 42.0 Å². The van der Waals surface area contributed by atoms with E-state index in [1.165, 1.54) is 38.5 Å². The van der Waals surface area contributed by atoms with Crippen molar-refractivity contribution in [1.29, 1.82) is 0 Å². The molecule has 0 aromatic heterocycles. The predicted octanol–water partition coefficient (Wildman–Crippen LogP) is 2.85. The quantitative estimate of drug-likeness (QED) is 0.759. The predicted molar refractivity (Wildman–Crippen MR) is 86.4 cm³/mol. The molecule has 24 heavy (non-hydrogen) atoms. The summed E-state index contributed by atoms with van der Waals surface area (Å²) in [5.74, 6) is 0.223. The van der Waals surface area contributed by atoms with Crippen LogP contribution in [0.4, 0.5) is 0 Å². The zero-order valence-electron chi connectivity index (χ0n) is 13.7. The highest BCUT2D eigenvalue weighted by Crippen LogP contribution is 2.27. The Morgan fingerprint density at radius 3 is 1.92 bits per heavy atom. The number of carbonyl (C=O) groups is 2. The minimum absolute atomic E-state index is 0.0952. The number of esters is 2. The smallest absolute Gasteiger partial charge is 0.338 e. The molecule has 126 valence electrons. The third-order valence-electron chi connectivity index (χ3n) is 3.36. The summed E-state index contributed by atoms with van der Waals surface area (Å²) in [5.41, 5.74) is 1.49. The second-order valence-corrected chi connectivity index (χ2v) is 4.83. The Balaban J connectivity index is 2.01. The van der Waals surface area contributed by atoms with Crippen LogP contribution in [0.25, 0.3) is 0 Å². The van der Waals surface area contributed by atoms with E-state index in [0.717, 1.165) is 5.56 Å². The third-order valence-corrected chi connectivity index (χ3v) is 3.36. The van der Waals surface area contributed by atoms with Gasteiger partial charge in [0.15, 0.2) is 11.5 Å². The van der Waals surface area contributed by atoms with Gasteiger partial charge in [0.05, 0.1) is 32.5 Å². The van der Waals surface area contributed by atoms with Gasteiger partial charge in [-0.2, -0.15) is 0 Å². The molecular weight excluding hydrogens is 312 g/mol. The normalized spacial score (nSPS) is 9.96. The van der Waals surface area contributed by atoms with Crippen molar-refractivity contribution in [2.45, 2.75) is 6.61 Å². The standard InChI is InChI=1S/C18H18O6/c1-21-15-9-4-12(10-16(15)22-2)11-24-18(20)14-7-5-13(6-8-14)17(19)23-3/h4-10H,11H2,1-3H3. The first-order valence-corrected chi connectivity index (χ1v) is 7.15. The molecule has 0 bridgehead atoms. The molecule has 0 amide bonds. The molecule has 0 unspecified atom stereocenters. The fourth-order valence-electron chi connectivity index (χ4n) is 2.06. The van der Waals surface area contributed by atoms with E-state index in [0.29, 0.717) is 22.6 Å². The molecule has 0 atom stereocenters. The molecule has 0 radical (unpaired) electrons. The van der Waals surface area contributed by atoms with Gasteiger partial charge in [0.25, 0.3) is 0 Å². The molecule has 0 heterocycles. The molecule has 0 saturated heterocycles. The van der Waals surface area contributed by atoms with Crippen LogP contribution in [0.2, 0.25) is 0 Å². The lowest BCUT2D eigenvalue weighted by Crippen LogP contribution is -2.07. The molecular formula is C18H18O6. The van der Waals surface area contributed by atoms with Crippen molar-refractivity contribution in [2.24, 2.45) is 0 Å². The van der Waals surface area contributed by atoms with E-state index in [2.05, 4.69) is 4.74 Å². The lowest BCUT2D eigenvalue weighted by atomic mass is 10.1. The number of hydrogen-bond donors (Lipinski definition) is 0. The average molecular weight is 330 g/mol. The molecule has 0 aliphatic carbocycles. The maximum Gasteiger partial charge on any atom is 0.338 e.